The number of fused-ring (bicyclic) bond motifs is 3. The molecule has 0 saturated heterocycles. The largest absolute Gasteiger partial charge is 0.493 e. The highest BCUT2D eigenvalue weighted by molar-refractivity contribution is 8.00. The molecule has 4 aromatic carbocycles. The van der Waals surface area contributed by atoms with Gasteiger partial charge >= 0.3 is 0 Å². The van der Waals surface area contributed by atoms with Crippen molar-refractivity contribution in [3.63, 3.8) is 0 Å². The lowest BCUT2D eigenvalue weighted by Crippen LogP contribution is -2.24. The second kappa shape index (κ2) is 12.4. The van der Waals surface area contributed by atoms with E-state index in [2.05, 4.69) is 52.5 Å². The fourth-order valence-corrected chi connectivity index (χ4v) is 6.02. The fourth-order valence-electron chi connectivity index (χ4n) is 5.01. The Morgan fingerprint density at radius 2 is 1.54 bits per heavy atom. The lowest BCUT2D eigenvalue weighted by atomic mass is 10.1. The summed E-state index contributed by atoms with van der Waals surface area (Å²) >= 11 is 1.47. The summed E-state index contributed by atoms with van der Waals surface area (Å²) in [4.78, 5) is 27.1. The minimum Gasteiger partial charge on any atom is -0.493 e. The molecule has 0 bridgehead atoms. The van der Waals surface area contributed by atoms with Crippen LogP contribution in [0.1, 0.15) is 30.6 Å². The van der Waals surface area contributed by atoms with Crippen molar-refractivity contribution >= 4 is 56.8 Å². The number of ether oxygens (including phenoxy) is 2. The van der Waals surface area contributed by atoms with Crippen LogP contribution < -0.4 is 20.1 Å². The van der Waals surface area contributed by atoms with Crippen LogP contribution in [-0.4, -0.2) is 35.9 Å². The minimum atomic E-state index is -0.306. The summed E-state index contributed by atoms with van der Waals surface area (Å²) in [5.74, 6) is 0.712. The number of methoxy groups -OCH3 is 2. The molecule has 41 heavy (non-hydrogen) atoms. The summed E-state index contributed by atoms with van der Waals surface area (Å²) in [5.41, 5.74) is 4.21. The van der Waals surface area contributed by atoms with Crippen LogP contribution in [0.25, 0.3) is 21.8 Å². The van der Waals surface area contributed by atoms with Crippen LogP contribution in [0.4, 0.5) is 11.4 Å². The Labute approximate surface area is 243 Å². The molecule has 1 atom stereocenters. The summed E-state index contributed by atoms with van der Waals surface area (Å²) in [7, 11) is 3.08. The van der Waals surface area contributed by atoms with E-state index in [1.165, 1.54) is 29.8 Å². The van der Waals surface area contributed by atoms with Gasteiger partial charge in [-0.1, -0.05) is 31.2 Å². The molecule has 0 aliphatic carbocycles. The number of nitrogens with one attached hydrogen (secondary N) is 2. The molecule has 1 unspecified atom stereocenters. The second-order valence-corrected chi connectivity index (χ2v) is 10.8. The van der Waals surface area contributed by atoms with Gasteiger partial charge in [0, 0.05) is 50.2 Å². The van der Waals surface area contributed by atoms with Crippen LogP contribution in [-0.2, 0) is 11.3 Å². The Morgan fingerprint density at radius 3 is 2.29 bits per heavy atom. The quantitative estimate of drug-likeness (QED) is 0.170. The van der Waals surface area contributed by atoms with Crippen molar-refractivity contribution in [2.24, 2.45) is 0 Å². The highest BCUT2D eigenvalue weighted by Crippen LogP contribution is 2.33. The summed E-state index contributed by atoms with van der Waals surface area (Å²) in [6, 6.07) is 27.0. The van der Waals surface area contributed by atoms with Crippen molar-refractivity contribution in [1.29, 1.82) is 0 Å². The van der Waals surface area contributed by atoms with Gasteiger partial charge in [0.1, 0.15) is 0 Å². The molecule has 2 amide bonds. The fraction of sp³-hybridized carbons (Fsp3) is 0.212. The molecule has 7 nitrogen and oxygen atoms in total. The second-order valence-electron chi connectivity index (χ2n) is 9.55. The van der Waals surface area contributed by atoms with Gasteiger partial charge in [-0.15, -0.1) is 11.8 Å². The SMILES string of the molecule is CCC(Sc1cccc(NC(=O)c2ccc(OC)c(OC)c2)c1)C(=O)Nc1ccc2c(c1)c1ccccc1n2CC. The Bertz CT molecular complexity index is 1730. The number of rotatable bonds is 10. The molecular weight excluding hydrogens is 534 g/mol. The summed E-state index contributed by atoms with van der Waals surface area (Å²) in [6.45, 7) is 5.01. The number of nitrogens with zero attached hydrogens (tertiary/aromatic N) is 1. The number of hydrogen-bond acceptors (Lipinski definition) is 5. The van der Waals surface area contributed by atoms with Gasteiger partial charge in [-0.3, -0.25) is 9.59 Å². The molecule has 0 aliphatic rings. The van der Waals surface area contributed by atoms with Crippen molar-refractivity contribution in [2.45, 2.75) is 37.0 Å². The maximum absolute atomic E-state index is 13.3. The molecule has 0 saturated carbocycles. The highest BCUT2D eigenvalue weighted by Gasteiger charge is 2.20. The number of para-hydroxylation sites is 1. The molecule has 0 spiro atoms. The van der Waals surface area contributed by atoms with Crippen molar-refractivity contribution in [2.75, 3.05) is 24.9 Å². The van der Waals surface area contributed by atoms with Gasteiger partial charge in [0.2, 0.25) is 5.91 Å². The molecular formula is C33H33N3O4S. The first-order valence-electron chi connectivity index (χ1n) is 13.6. The Balaban J connectivity index is 1.29. The third-order valence-corrected chi connectivity index (χ3v) is 8.39. The lowest BCUT2D eigenvalue weighted by molar-refractivity contribution is -0.115. The van der Waals surface area contributed by atoms with E-state index in [0.717, 1.165) is 28.0 Å². The van der Waals surface area contributed by atoms with E-state index < -0.39 is 0 Å². The molecule has 210 valence electrons. The summed E-state index contributed by atoms with van der Waals surface area (Å²) in [5, 5.41) is 8.05. The maximum Gasteiger partial charge on any atom is 0.255 e. The van der Waals surface area contributed by atoms with Gasteiger partial charge in [0.15, 0.2) is 11.5 Å². The first-order chi connectivity index (χ1) is 19.9. The van der Waals surface area contributed by atoms with E-state index in [4.69, 9.17) is 9.47 Å². The number of aromatic nitrogens is 1. The zero-order valence-electron chi connectivity index (χ0n) is 23.6. The van der Waals surface area contributed by atoms with Crippen molar-refractivity contribution < 1.29 is 19.1 Å². The average molecular weight is 568 g/mol. The zero-order valence-corrected chi connectivity index (χ0v) is 24.4. The molecule has 0 radical (unpaired) electrons. The molecule has 1 aromatic heterocycles. The van der Waals surface area contributed by atoms with Gasteiger partial charge in [0.05, 0.1) is 19.5 Å². The highest BCUT2D eigenvalue weighted by atomic mass is 32.2. The molecule has 0 aliphatic heterocycles. The first kappa shape index (κ1) is 28.1. The maximum atomic E-state index is 13.3. The number of amides is 2. The van der Waals surface area contributed by atoms with Crippen LogP contribution in [0.3, 0.4) is 0 Å². The molecule has 8 heteroatoms. The van der Waals surface area contributed by atoms with E-state index >= 15 is 0 Å². The third-order valence-electron chi connectivity index (χ3n) is 7.04. The molecule has 2 N–H and O–H groups in total. The number of aryl methyl sites for hydroxylation is 1. The molecule has 1 heterocycles. The smallest absolute Gasteiger partial charge is 0.255 e. The van der Waals surface area contributed by atoms with E-state index in [9.17, 15) is 9.59 Å². The van der Waals surface area contributed by atoms with E-state index in [1.807, 2.05) is 43.3 Å². The van der Waals surface area contributed by atoms with Gasteiger partial charge in [-0.25, -0.2) is 0 Å². The normalized spacial score (nSPS) is 11.8. The minimum absolute atomic E-state index is 0.0594. The van der Waals surface area contributed by atoms with Gasteiger partial charge < -0.3 is 24.7 Å². The third kappa shape index (κ3) is 5.88. The Morgan fingerprint density at radius 1 is 0.780 bits per heavy atom. The number of anilines is 2. The molecule has 0 fully saturated rings. The predicted molar refractivity (Wildman–Crippen MR) is 168 cm³/mol. The van der Waals surface area contributed by atoms with Gasteiger partial charge in [-0.2, -0.15) is 0 Å². The lowest BCUT2D eigenvalue weighted by Gasteiger charge is -2.16. The zero-order chi connectivity index (χ0) is 28.9. The van der Waals surface area contributed by atoms with E-state index in [1.54, 1.807) is 25.3 Å². The summed E-state index contributed by atoms with van der Waals surface area (Å²) in [6.07, 6.45) is 0.649. The van der Waals surface area contributed by atoms with Gasteiger partial charge in [-0.05, 0) is 74.0 Å². The van der Waals surface area contributed by atoms with Crippen molar-refractivity contribution in [3.8, 4) is 11.5 Å². The summed E-state index contributed by atoms with van der Waals surface area (Å²) < 4.78 is 12.9. The number of carbonyl (C=O) groups is 2. The number of benzene rings is 4. The number of thioether (sulfide) groups is 1. The molecule has 5 aromatic rings. The van der Waals surface area contributed by atoms with Crippen LogP contribution >= 0.6 is 11.8 Å². The van der Waals surface area contributed by atoms with Crippen molar-refractivity contribution in [3.05, 3.63) is 90.5 Å². The first-order valence-corrected chi connectivity index (χ1v) is 14.5. The Hall–Kier alpha value is -4.43. The molecule has 5 rings (SSSR count). The Kier molecular flexibility index (Phi) is 8.50. The number of hydrogen-bond donors (Lipinski definition) is 2. The standard InChI is InChI=1S/C33H33N3O4S/c1-5-31(33(38)35-23-15-16-28-26(20-23)25-12-7-8-13-27(25)36(28)6-2)41-24-11-9-10-22(19-24)34-32(37)21-14-17-29(39-3)30(18-21)40-4/h7-20,31H,5-6H2,1-4H3,(H,34,37)(H,35,38). The average Bonchev–Trinajstić information content (AvgIpc) is 3.32. The van der Waals surface area contributed by atoms with Crippen LogP contribution in [0.5, 0.6) is 11.5 Å². The van der Waals surface area contributed by atoms with Crippen LogP contribution in [0.15, 0.2) is 89.8 Å². The monoisotopic (exact) mass is 567 g/mol. The topological polar surface area (TPSA) is 81.6 Å². The van der Waals surface area contributed by atoms with Crippen molar-refractivity contribution in [1.82, 2.24) is 4.57 Å². The predicted octanol–water partition coefficient (Wildman–Crippen LogP) is 7.59. The van der Waals surface area contributed by atoms with E-state index in [0.29, 0.717) is 29.2 Å². The van der Waals surface area contributed by atoms with Crippen LogP contribution in [0.2, 0.25) is 0 Å². The van der Waals surface area contributed by atoms with E-state index in [-0.39, 0.29) is 17.1 Å². The number of carbonyl (C=O) groups excluding carboxylic acids is 2. The van der Waals surface area contributed by atoms with Gasteiger partial charge in [0.25, 0.3) is 5.91 Å². The van der Waals surface area contributed by atoms with Crippen LogP contribution in [0, 0.1) is 0 Å².